The summed E-state index contributed by atoms with van der Waals surface area (Å²) in [6.07, 6.45) is 9.80. The molecule has 1 saturated carbocycles. The molecule has 0 bridgehead atoms. The lowest BCUT2D eigenvalue weighted by molar-refractivity contribution is -0.149. The van der Waals surface area contributed by atoms with Crippen LogP contribution in [0.3, 0.4) is 0 Å². The van der Waals surface area contributed by atoms with Crippen molar-refractivity contribution in [3.8, 4) is 0 Å². The van der Waals surface area contributed by atoms with Crippen molar-refractivity contribution in [1.82, 2.24) is 14.7 Å². The van der Waals surface area contributed by atoms with Gasteiger partial charge in [-0.3, -0.25) is 19.9 Å². The molecule has 3 aliphatic rings. The van der Waals surface area contributed by atoms with Crippen molar-refractivity contribution in [3.05, 3.63) is 0 Å². The first kappa shape index (κ1) is 33.7. The highest BCUT2D eigenvalue weighted by Crippen LogP contribution is 2.38. The predicted octanol–water partition coefficient (Wildman–Crippen LogP) is 3.72. The van der Waals surface area contributed by atoms with E-state index in [9.17, 15) is 14.7 Å². The summed E-state index contributed by atoms with van der Waals surface area (Å²) in [4.78, 5) is 31.5. The fourth-order valence-corrected chi connectivity index (χ4v) is 6.25. The second-order valence-electron chi connectivity index (χ2n) is 11.6. The monoisotopic (exact) mass is 565 g/mol. The highest BCUT2D eigenvalue weighted by atomic mass is 35.5. The third-order valence-corrected chi connectivity index (χ3v) is 8.40. The number of nitrogens with one attached hydrogen (secondary N) is 1. The molecule has 1 unspecified atom stereocenters. The van der Waals surface area contributed by atoms with Gasteiger partial charge in [-0.1, -0.05) is 20.3 Å². The van der Waals surface area contributed by atoms with Crippen LogP contribution in [-0.4, -0.2) is 95.2 Å². The highest BCUT2D eigenvalue weighted by Gasteiger charge is 2.39. The van der Waals surface area contributed by atoms with Gasteiger partial charge in [0.15, 0.2) is 5.96 Å². The summed E-state index contributed by atoms with van der Waals surface area (Å²) in [5.41, 5.74) is 5.80. The summed E-state index contributed by atoms with van der Waals surface area (Å²) >= 11 is 0. The standard InChI is InChI=1S/C26H47N5O4.2ClH/c1-26(2)12-6-8-20(18-26)29(3)22(17-23(32)33)24(34)31-13-5-4-7-19(31)11-16-35-21-9-14-30(15-10-21)25(27)28;;/h19-22H,4-18H2,1-3H3,(H3,27,28)(H,32,33);2*1H/t19-,20?,22-;;/m0../s1. The maximum Gasteiger partial charge on any atom is 0.305 e. The van der Waals surface area contributed by atoms with E-state index < -0.39 is 12.0 Å². The van der Waals surface area contributed by atoms with Crippen LogP contribution < -0.4 is 5.73 Å². The van der Waals surface area contributed by atoms with E-state index in [1.54, 1.807) is 0 Å². The number of ether oxygens (including phenoxy) is 1. The van der Waals surface area contributed by atoms with E-state index in [-0.39, 0.29) is 66.7 Å². The molecule has 216 valence electrons. The van der Waals surface area contributed by atoms with E-state index in [0.717, 1.165) is 70.9 Å². The number of hydrogen-bond acceptors (Lipinski definition) is 5. The Bertz CT molecular complexity index is 748. The lowest BCUT2D eigenvalue weighted by Crippen LogP contribution is -2.56. The fourth-order valence-electron chi connectivity index (χ4n) is 6.25. The Labute approximate surface area is 235 Å². The molecule has 11 heteroatoms. The number of amides is 1. The van der Waals surface area contributed by atoms with Gasteiger partial charge in [-0.05, 0) is 70.3 Å². The van der Waals surface area contributed by atoms with Gasteiger partial charge in [0.1, 0.15) is 0 Å². The van der Waals surface area contributed by atoms with Crippen LogP contribution in [-0.2, 0) is 14.3 Å². The quantitative estimate of drug-likeness (QED) is 0.287. The summed E-state index contributed by atoms with van der Waals surface area (Å²) < 4.78 is 6.15. The predicted molar refractivity (Wildman–Crippen MR) is 151 cm³/mol. The number of carbonyl (C=O) groups is 2. The van der Waals surface area contributed by atoms with E-state index in [4.69, 9.17) is 15.9 Å². The van der Waals surface area contributed by atoms with Gasteiger partial charge < -0.3 is 25.4 Å². The normalized spacial score (nSPS) is 25.1. The Morgan fingerprint density at radius 3 is 2.38 bits per heavy atom. The molecule has 2 heterocycles. The van der Waals surface area contributed by atoms with E-state index in [0.29, 0.717) is 13.2 Å². The fraction of sp³-hybridized carbons (Fsp3) is 0.885. The summed E-state index contributed by atoms with van der Waals surface area (Å²) in [5, 5.41) is 17.2. The van der Waals surface area contributed by atoms with Crippen molar-refractivity contribution in [2.24, 2.45) is 11.1 Å². The van der Waals surface area contributed by atoms with Crippen molar-refractivity contribution >= 4 is 42.7 Å². The van der Waals surface area contributed by atoms with Crippen LogP contribution >= 0.6 is 24.8 Å². The first-order valence-electron chi connectivity index (χ1n) is 13.5. The number of rotatable bonds is 9. The van der Waals surface area contributed by atoms with Crippen molar-refractivity contribution < 1.29 is 19.4 Å². The largest absolute Gasteiger partial charge is 0.481 e. The molecule has 9 nitrogen and oxygen atoms in total. The number of nitrogens with two attached hydrogens (primary N) is 1. The third kappa shape index (κ3) is 9.75. The molecule has 4 N–H and O–H groups in total. The zero-order valence-corrected chi connectivity index (χ0v) is 24.5. The van der Waals surface area contributed by atoms with Crippen LogP contribution in [0.25, 0.3) is 0 Å². The van der Waals surface area contributed by atoms with Crippen molar-refractivity contribution in [2.75, 3.05) is 33.3 Å². The topological polar surface area (TPSA) is 123 Å². The van der Waals surface area contributed by atoms with Crippen LogP contribution in [0.1, 0.15) is 84.5 Å². The van der Waals surface area contributed by atoms with Crippen molar-refractivity contribution in [3.63, 3.8) is 0 Å². The molecule has 0 aromatic carbocycles. The minimum Gasteiger partial charge on any atom is -0.481 e. The molecule has 0 aromatic heterocycles. The summed E-state index contributed by atoms with van der Waals surface area (Å²) in [5.74, 6) is -0.825. The molecule has 3 rings (SSSR count). The molecule has 0 radical (unpaired) electrons. The Hall–Kier alpha value is -1.29. The lowest BCUT2D eigenvalue weighted by atomic mass is 9.74. The number of hydrogen-bond donors (Lipinski definition) is 3. The second kappa shape index (κ2) is 15.3. The number of carbonyl (C=O) groups excluding carboxylic acids is 1. The van der Waals surface area contributed by atoms with Gasteiger partial charge in [-0.2, -0.15) is 0 Å². The van der Waals surface area contributed by atoms with E-state index in [1.807, 2.05) is 16.8 Å². The first-order valence-corrected chi connectivity index (χ1v) is 13.5. The van der Waals surface area contributed by atoms with Gasteiger partial charge in [0.25, 0.3) is 0 Å². The van der Waals surface area contributed by atoms with E-state index in [1.165, 1.54) is 6.42 Å². The van der Waals surface area contributed by atoms with Gasteiger partial charge in [-0.25, -0.2) is 0 Å². The highest BCUT2D eigenvalue weighted by molar-refractivity contribution is 5.86. The average Bonchev–Trinajstić information content (AvgIpc) is 2.81. The molecule has 2 saturated heterocycles. The van der Waals surface area contributed by atoms with Gasteiger partial charge in [0.2, 0.25) is 5.91 Å². The zero-order valence-electron chi connectivity index (χ0n) is 22.8. The summed E-state index contributed by atoms with van der Waals surface area (Å²) in [6.45, 7) is 7.32. The van der Waals surface area contributed by atoms with E-state index in [2.05, 4.69) is 18.7 Å². The van der Waals surface area contributed by atoms with Crippen LogP contribution in [0, 0.1) is 10.8 Å². The number of likely N-dealkylation sites (N-methyl/N-ethyl adjacent to an activating group) is 1. The smallest absolute Gasteiger partial charge is 0.305 e. The molecule has 37 heavy (non-hydrogen) atoms. The van der Waals surface area contributed by atoms with E-state index >= 15 is 0 Å². The molecule has 2 aliphatic heterocycles. The number of guanidine groups is 1. The molecular formula is C26H49Cl2N5O4. The van der Waals surface area contributed by atoms with Crippen molar-refractivity contribution in [2.45, 2.75) is 109 Å². The molecule has 1 aliphatic carbocycles. The number of piperidine rings is 2. The molecule has 3 fully saturated rings. The third-order valence-electron chi connectivity index (χ3n) is 8.40. The maximum atomic E-state index is 13.8. The minimum atomic E-state index is -0.918. The van der Waals surface area contributed by atoms with Gasteiger partial charge in [0, 0.05) is 38.3 Å². The van der Waals surface area contributed by atoms with Crippen LogP contribution in [0.4, 0.5) is 0 Å². The first-order chi connectivity index (χ1) is 16.6. The molecule has 3 atom stereocenters. The molecule has 0 spiro atoms. The van der Waals surface area contributed by atoms with Gasteiger partial charge in [0.05, 0.1) is 18.6 Å². The Balaban J connectivity index is 0.00000342. The number of carboxylic acids is 1. The minimum absolute atomic E-state index is 0. The maximum absolute atomic E-state index is 13.8. The van der Waals surface area contributed by atoms with Crippen LogP contribution in [0.5, 0.6) is 0 Å². The second-order valence-corrected chi connectivity index (χ2v) is 11.6. The SMILES string of the molecule is CN(C1CCCC(C)(C)C1)[C@@H](CC(=O)O)C(=O)N1CCCC[C@H]1CCOC1CCN(C(=N)N)CC1.Cl.Cl. The van der Waals surface area contributed by atoms with Crippen LogP contribution in [0.2, 0.25) is 0 Å². The molecule has 1 amide bonds. The lowest BCUT2D eigenvalue weighted by Gasteiger charge is -2.44. The average molecular weight is 567 g/mol. The zero-order chi connectivity index (χ0) is 25.6. The number of likely N-dealkylation sites (tertiary alicyclic amines) is 2. The Morgan fingerprint density at radius 2 is 1.78 bits per heavy atom. The van der Waals surface area contributed by atoms with Gasteiger partial charge in [-0.15, -0.1) is 24.8 Å². The number of nitrogens with zero attached hydrogens (tertiary/aromatic N) is 3. The van der Waals surface area contributed by atoms with Crippen LogP contribution in [0.15, 0.2) is 0 Å². The Kier molecular flexibility index (Phi) is 14.0. The number of aliphatic carboxylic acids is 1. The Morgan fingerprint density at radius 1 is 1.11 bits per heavy atom. The number of halogens is 2. The van der Waals surface area contributed by atoms with Crippen molar-refractivity contribution in [1.29, 1.82) is 5.41 Å². The number of carboxylic acid groups (broad SMARTS) is 1. The van der Waals surface area contributed by atoms with Gasteiger partial charge >= 0.3 is 5.97 Å². The summed E-state index contributed by atoms with van der Waals surface area (Å²) in [7, 11) is 1.95. The summed E-state index contributed by atoms with van der Waals surface area (Å²) in [6, 6.07) is -0.288. The molecular weight excluding hydrogens is 517 g/mol. The molecule has 0 aromatic rings.